The summed E-state index contributed by atoms with van der Waals surface area (Å²) >= 11 is 0. The lowest BCUT2D eigenvalue weighted by atomic mass is 9.83. The second kappa shape index (κ2) is 9.39. The van der Waals surface area contributed by atoms with Crippen LogP contribution >= 0.6 is 0 Å². The SMILES string of the molecule is O=C(NCC1CCCc2ccccc21)c1ccc(=O)n(CCOc2ccccc2)n1. The molecule has 2 aromatic carbocycles. The molecule has 30 heavy (non-hydrogen) atoms. The molecule has 0 saturated carbocycles. The summed E-state index contributed by atoms with van der Waals surface area (Å²) in [5.74, 6) is 0.770. The van der Waals surface area contributed by atoms with Gasteiger partial charge >= 0.3 is 0 Å². The highest BCUT2D eigenvalue weighted by atomic mass is 16.5. The Morgan fingerprint density at radius 1 is 1.07 bits per heavy atom. The summed E-state index contributed by atoms with van der Waals surface area (Å²) in [5.41, 5.74) is 2.66. The lowest BCUT2D eigenvalue weighted by Gasteiger charge is -2.25. The number of hydrogen-bond donors (Lipinski definition) is 1. The molecule has 0 bridgehead atoms. The number of fused-ring (bicyclic) bond motifs is 1. The van der Waals surface area contributed by atoms with Gasteiger partial charge in [0, 0.05) is 18.5 Å². The number of amides is 1. The minimum absolute atomic E-state index is 0.235. The van der Waals surface area contributed by atoms with Gasteiger partial charge in [0.25, 0.3) is 11.5 Å². The first-order chi connectivity index (χ1) is 14.7. The van der Waals surface area contributed by atoms with Crippen molar-refractivity contribution in [2.75, 3.05) is 13.2 Å². The summed E-state index contributed by atoms with van der Waals surface area (Å²) in [6.45, 7) is 1.12. The van der Waals surface area contributed by atoms with Gasteiger partial charge in [-0.3, -0.25) is 9.59 Å². The van der Waals surface area contributed by atoms with Gasteiger partial charge in [0.1, 0.15) is 18.1 Å². The van der Waals surface area contributed by atoms with E-state index in [4.69, 9.17) is 4.74 Å². The summed E-state index contributed by atoms with van der Waals surface area (Å²) < 4.78 is 6.90. The largest absolute Gasteiger partial charge is 0.492 e. The number of hydrogen-bond acceptors (Lipinski definition) is 4. The van der Waals surface area contributed by atoms with Gasteiger partial charge in [-0.05, 0) is 48.6 Å². The third-order valence-corrected chi connectivity index (χ3v) is 5.42. The zero-order valence-corrected chi connectivity index (χ0v) is 16.8. The summed E-state index contributed by atoms with van der Waals surface area (Å²) in [5, 5.41) is 7.21. The van der Waals surface area contributed by atoms with E-state index in [1.165, 1.54) is 27.9 Å². The van der Waals surface area contributed by atoms with Crippen LogP contribution in [0.2, 0.25) is 0 Å². The number of carbonyl (C=O) groups excluding carboxylic acids is 1. The topological polar surface area (TPSA) is 73.2 Å². The minimum Gasteiger partial charge on any atom is -0.492 e. The highest BCUT2D eigenvalue weighted by Gasteiger charge is 2.21. The Morgan fingerprint density at radius 3 is 2.73 bits per heavy atom. The van der Waals surface area contributed by atoms with Crippen LogP contribution in [0.3, 0.4) is 0 Å². The third-order valence-electron chi connectivity index (χ3n) is 5.42. The van der Waals surface area contributed by atoms with Crippen LogP contribution in [0, 0.1) is 0 Å². The van der Waals surface area contributed by atoms with E-state index in [1.807, 2.05) is 36.4 Å². The molecule has 1 aromatic heterocycles. The van der Waals surface area contributed by atoms with E-state index in [-0.39, 0.29) is 23.7 Å². The van der Waals surface area contributed by atoms with Crippen LogP contribution in [0.1, 0.15) is 40.4 Å². The fourth-order valence-electron chi connectivity index (χ4n) is 3.87. The van der Waals surface area contributed by atoms with Crippen molar-refractivity contribution in [2.45, 2.75) is 31.7 Å². The predicted molar refractivity (Wildman–Crippen MR) is 115 cm³/mol. The van der Waals surface area contributed by atoms with Gasteiger partial charge in [0.15, 0.2) is 0 Å². The number of ether oxygens (including phenoxy) is 1. The van der Waals surface area contributed by atoms with E-state index < -0.39 is 0 Å². The van der Waals surface area contributed by atoms with Crippen molar-refractivity contribution in [3.05, 3.63) is 93.9 Å². The molecule has 1 unspecified atom stereocenters. The highest BCUT2D eigenvalue weighted by Crippen LogP contribution is 2.30. The number of nitrogens with one attached hydrogen (secondary N) is 1. The lowest BCUT2D eigenvalue weighted by Crippen LogP contribution is -2.33. The molecule has 6 nitrogen and oxygen atoms in total. The van der Waals surface area contributed by atoms with Crippen molar-refractivity contribution in [3.8, 4) is 5.75 Å². The van der Waals surface area contributed by atoms with Crippen molar-refractivity contribution in [3.63, 3.8) is 0 Å². The zero-order chi connectivity index (χ0) is 20.8. The van der Waals surface area contributed by atoms with Crippen LogP contribution in [0.25, 0.3) is 0 Å². The molecular weight excluding hydrogens is 378 g/mol. The monoisotopic (exact) mass is 403 g/mol. The van der Waals surface area contributed by atoms with Crippen LogP contribution in [0.5, 0.6) is 5.75 Å². The Hall–Kier alpha value is -3.41. The Balaban J connectivity index is 1.36. The smallest absolute Gasteiger partial charge is 0.271 e. The molecule has 1 heterocycles. The van der Waals surface area contributed by atoms with Crippen molar-refractivity contribution in [1.29, 1.82) is 0 Å². The second-order valence-electron chi connectivity index (χ2n) is 7.44. The summed E-state index contributed by atoms with van der Waals surface area (Å²) in [7, 11) is 0. The quantitative estimate of drug-likeness (QED) is 0.658. The molecule has 1 aliphatic rings. The predicted octanol–water partition coefficient (Wildman–Crippen LogP) is 3.17. The van der Waals surface area contributed by atoms with Gasteiger partial charge in [0.05, 0.1) is 6.54 Å². The third kappa shape index (κ3) is 4.76. The molecule has 1 N–H and O–H groups in total. The fraction of sp³-hybridized carbons (Fsp3) is 0.292. The fourth-order valence-corrected chi connectivity index (χ4v) is 3.87. The molecular formula is C24H25N3O3. The van der Waals surface area contributed by atoms with Crippen molar-refractivity contribution < 1.29 is 9.53 Å². The van der Waals surface area contributed by atoms with Gasteiger partial charge in [-0.2, -0.15) is 5.10 Å². The van der Waals surface area contributed by atoms with E-state index in [2.05, 4.69) is 28.6 Å². The van der Waals surface area contributed by atoms with Crippen LogP contribution in [0.15, 0.2) is 71.5 Å². The van der Waals surface area contributed by atoms with E-state index >= 15 is 0 Å². The van der Waals surface area contributed by atoms with E-state index in [1.54, 1.807) is 0 Å². The molecule has 3 aromatic rings. The first-order valence-electron chi connectivity index (χ1n) is 10.3. The molecule has 154 valence electrons. The summed E-state index contributed by atoms with van der Waals surface area (Å²) in [6.07, 6.45) is 3.28. The van der Waals surface area contributed by atoms with Crippen LogP contribution in [-0.4, -0.2) is 28.8 Å². The van der Waals surface area contributed by atoms with Crippen LogP contribution in [0.4, 0.5) is 0 Å². The zero-order valence-electron chi connectivity index (χ0n) is 16.8. The van der Waals surface area contributed by atoms with Crippen molar-refractivity contribution in [1.82, 2.24) is 15.1 Å². The Labute approximate surface area is 175 Å². The molecule has 1 amide bonds. The normalized spacial score (nSPS) is 15.3. The Kier molecular flexibility index (Phi) is 6.23. The van der Waals surface area contributed by atoms with Gasteiger partial charge in [-0.25, -0.2) is 4.68 Å². The molecule has 4 rings (SSSR count). The van der Waals surface area contributed by atoms with Gasteiger partial charge in [-0.15, -0.1) is 0 Å². The van der Waals surface area contributed by atoms with E-state index in [9.17, 15) is 9.59 Å². The maximum absolute atomic E-state index is 12.6. The van der Waals surface area contributed by atoms with Gasteiger partial charge in [-0.1, -0.05) is 42.5 Å². The number of benzene rings is 2. The average Bonchev–Trinajstić information content (AvgIpc) is 2.79. The molecule has 0 fully saturated rings. The molecule has 0 radical (unpaired) electrons. The maximum atomic E-state index is 12.6. The lowest BCUT2D eigenvalue weighted by molar-refractivity contribution is 0.0942. The van der Waals surface area contributed by atoms with Gasteiger partial charge < -0.3 is 10.1 Å². The van der Waals surface area contributed by atoms with Gasteiger partial charge in [0.2, 0.25) is 0 Å². The second-order valence-corrected chi connectivity index (χ2v) is 7.44. The minimum atomic E-state index is -0.268. The van der Waals surface area contributed by atoms with Crippen LogP contribution < -0.4 is 15.6 Å². The van der Waals surface area contributed by atoms with Crippen LogP contribution in [-0.2, 0) is 13.0 Å². The first-order valence-corrected chi connectivity index (χ1v) is 10.3. The number of aryl methyl sites for hydroxylation is 1. The number of nitrogens with zero attached hydrogens (tertiary/aromatic N) is 2. The van der Waals surface area contributed by atoms with Crippen molar-refractivity contribution >= 4 is 5.91 Å². The molecule has 0 saturated heterocycles. The Morgan fingerprint density at radius 2 is 1.87 bits per heavy atom. The number of para-hydroxylation sites is 1. The van der Waals surface area contributed by atoms with Crippen molar-refractivity contribution in [2.24, 2.45) is 0 Å². The highest BCUT2D eigenvalue weighted by molar-refractivity contribution is 5.92. The molecule has 1 aliphatic carbocycles. The summed E-state index contributed by atoms with van der Waals surface area (Å²) in [4.78, 5) is 24.7. The van der Waals surface area contributed by atoms with E-state index in [0.717, 1.165) is 25.0 Å². The summed E-state index contributed by atoms with van der Waals surface area (Å²) in [6, 6.07) is 20.7. The number of aromatic nitrogens is 2. The molecule has 0 spiro atoms. The average molecular weight is 403 g/mol. The first kappa shape index (κ1) is 19.9. The molecule has 0 aliphatic heterocycles. The molecule has 1 atom stereocenters. The number of rotatable bonds is 7. The maximum Gasteiger partial charge on any atom is 0.271 e. The Bertz CT molecular complexity index is 1060. The standard InChI is InChI=1S/C24H25N3O3/c28-23-14-13-22(26-27(23)15-16-30-20-10-2-1-3-11-20)24(29)25-17-19-9-6-8-18-7-4-5-12-21(18)19/h1-5,7,10-14,19H,6,8-9,15-17H2,(H,25,29). The molecule has 6 heteroatoms. The van der Waals surface area contributed by atoms with E-state index in [0.29, 0.717) is 19.1 Å². The number of carbonyl (C=O) groups is 1.